The molecule has 2 rings (SSSR count). The molecule has 0 spiro atoms. The largest absolute Gasteiger partial charge is 0.475 e. The molecule has 0 aliphatic carbocycles. The normalized spacial score (nSPS) is 11.1. The van der Waals surface area contributed by atoms with E-state index in [1.807, 2.05) is 20.8 Å². The summed E-state index contributed by atoms with van der Waals surface area (Å²) in [5.74, 6) is -0.495. The molecule has 0 aromatic carbocycles. The van der Waals surface area contributed by atoms with Gasteiger partial charge in [-0.2, -0.15) is 0 Å². The van der Waals surface area contributed by atoms with Crippen LogP contribution in [0, 0.1) is 0 Å². The van der Waals surface area contributed by atoms with Gasteiger partial charge in [0.2, 0.25) is 5.88 Å². The Kier molecular flexibility index (Phi) is 7.26. The lowest BCUT2D eigenvalue weighted by Gasteiger charge is -2.19. The van der Waals surface area contributed by atoms with Gasteiger partial charge in [0.05, 0.1) is 24.4 Å². The van der Waals surface area contributed by atoms with E-state index in [0.29, 0.717) is 29.8 Å². The third kappa shape index (κ3) is 6.95. The maximum absolute atomic E-state index is 12.2. The highest BCUT2D eigenvalue weighted by Gasteiger charge is 2.14. The summed E-state index contributed by atoms with van der Waals surface area (Å²) >= 11 is 1.14. The number of aromatic nitrogens is 2. The van der Waals surface area contributed by atoms with E-state index in [4.69, 9.17) is 14.2 Å². The van der Waals surface area contributed by atoms with Crippen molar-refractivity contribution in [2.75, 3.05) is 25.1 Å². The number of ether oxygens (including phenoxy) is 3. The second kappa shape index (κ2) is 9.43. The fraction of sp³-hybridized carbons (Fsp3) is 0.444. The Morgan fingerprint density at radius 2 is 2.00 bits per heavy atom. The second-order valence-electron chi connectivity index (χ2n) is 6.41. The maximum atomic E-state index is 12.2. The first-order valence-corrected chi connectivity index (χ1v) is 9.33. The average Bonchev–Trinajstić information content (AvgIpc) is 3.07. The zero-order valence-electron chi connectivity index (χ0n) is 15.8. The smallest absolute Gasteiger partial charge is 0.357 e. The molecule has 0 saturated heterocycles. The quantitative estimate of drug-likeness (QED) is 0.543. The predicted molar refractivity (Wildman–Crippen MR) is 101 cm³/mol. The first kappa shape index (κ1) is 20.8. The summed E-state index contributed by atoms with van der Waals surface area (Å²) < 4.78 is 15.9. The lowest BCUT2D eigenvalue weighted by atomic mass is 10.2. The Balaban J connectivity index is 1.85. The van der Waals surface area contributed by atoms with Crippen molar-refractivity contribution in [3.63, 3.8) is 0 Å². The van der Waals surface area contributed by atoms with Gasteiger partial charge < -0.3 is 14.2 Å². The van der Waals surface area contributed by atoms with Gasteiger partial charge in [0.25, 0.3) is 5.91 Å². The van der Waals surface area contributed by atoms with Crippen molar-refractivity contribution in [2.45, 2.75) is 33.3 Å². The number of rotatable bonds is 8. The Morgan fingerprint density at radius 3 is 2.63 bits per heavy atom. The monoisotopic (exact) mass is 393 g/mol. The van der Waals surface area contributed by atoms with Crippen molar-refractivity contribution in [2.24, 2.45) is 0 Å². The standard InChI is InChI=1S/C18H23N3O5S/c1-5-24-16(23)13-11-27-17(20-13)21-15(22)12-6-7-14(19-10-12)25-8-9-26-18(2,3)4/h6-7,10-11H,5,8-9H2,1-4H3,(H,20,21,22). The lowest BCUT2D eigenvalue weighted by Crippen LogP contribution is -2.22. The summed E-state index contributed by atoms with van der Waals surface area (Å²) in [5, 5.41) is 4.46. The van der Waals surface area contributed by atoms with Crippen LogP contribution in [0.3, 0.4) is 0 Å². The Bertz CT molecular complexity index is 768. The molecule has 0 saturated carbocycles. The van der Waals surface area contributed by atoms with Crippen LogP contribution in [0.4, 0.5) is 5.13 Å². The van der Waals surface area contributed by atoms with Crippen LogP contribution in [0.1, 0.15) is 48.5 Å². The Labute approximate surface area is 161 Å². The molecule has 0 aliphatic rings. The number of hydrogen-bond donors (Lipinski definition) is 1. The Hall–Kier alpha value is -2.52. The molecule has 1 N–H and O–H groups in total. The van der Waals surface area contributed by atoms with E-state index in [9.17, 15) is 9.59 Å². The third-order valence-corrected chi connectivity index (χ3v) is 3.83. The molecule has 2 heterocycles. The zero-order chi connectivity index (χ0) is 19.9. The first-order chi connectivity index (χ1) is 12.8. The van der Waals surface area contributed by atoms with Gasteiger partial charge in [-0.3, -0.25) is 10.1 Å². The Morgan fingerprint density at radius 1 is 1.22 bits per heavy atom. The van der Waals surface area contributed by atoms with E-state index >= 15 is 0 Å². The third-order valence-electron chi connectivity index (χ3n) is 3.08. The molecule has 146 valence electrons. The molecule has 0 atom stereocenters. The summed E-state index contributed by atoms with van der Waals surface area (Å²) in [7, 11) is 0. The van der Waals surface area contributed by atoms with Gasteiger partial charge in [0, 0.05) is 17.6 Å². The molecular formula is C18H23N3O5S. The molecule has 0 bridgehead atoms. The van der Waals surface area contributed by atoms with Gasteiger partial charge in [0.15, 0.2) is 10.8 Å². The topological polar surface area (TPSA) is 99.6 Å². The molecule has 9 heteroatoms. The maximum Gasteiger partial charge on any atom is 0.357 e. The number of esters is 1. The molecule has 2 aromatic rings. The fourth-order valence-electron chi connectivity index (χ4n) is 1.89. The molecule has 8 nitrogen and oxygen atoms in total. The number of pyridine rings is 1. The van der Waals surface area contributed by atoms with Gasteiger partial charge in [-0.1, -0.05) is 0 Å². The highest BCUT2D eigenvalue weighted by molar-refractivity contribution is 7.14. The van der Waals surface area contributed by atoms with Gasteiger partial charge in [-0.05, 0) is 33.8 Å². The van der Waals surface area contributed by atoms with Crippen molar-refractivity contribution in [1.82, 2.24) is 9.97 Å². The number of nitrogens with zero attached hydrogens (tertiary/aromatic N) is 2. The number of carbonyl (C=O) groups is 2. The molecule has 27 heavy (non-hydrogen) atoms. The molecule has 2 aromatic heterocycles. The number of hydrogen-bond acceptors (Lipinski definition) is 8. The van der Waals surface area contributed by atoms with Crippen LogP contribution in [0.5, 0.6) is 5.88 Å². The first-order valence-electron chi connectivity index (χ1n) is 8.45. The fourth-order valence-corrected chi connectivity index (χ4v) is 2.57. The van der Waals surface area contributed by atoms with Gasteiger partial charge in [-0.25, -0.2) is 14.8 Å². The van der Waals surface area contributed by atoms with Gasteiger partial charge in [-0.15, -0.1) is 11.3 Å². The molecule has 0 unspecified atom stereocenters. The summed E-state index contributed by atoms with van der Waals surface area (Å²) in [6, 6.07) is 3.21. The van der Waals surface area contributed by atoms with Crippen LogP contribution in [-0.2, 0) is 9.47 Å². The van der Waals surface area contributed by atoms with E-state index in [0.717, 1.165) is 11.3 Å². The minimum absolute atomic E-state index is 0.163. The van der Waals surface area contributed by atoms with Crippen molar-refractivity contribution in [3.8, 4) is 5.88 Å². The predicted octanol–water partition coefficient (Wildman–Crippen LogP) is 3.16. The van der Waals surface area contributed by atoms with Crippen LogP contribution in [0.25, 0.3) is 0 Å². The number of anilines is 1. The summed E-state index contributed by atoms with van der Waals surface area (Å²) in [5.41, 5.74) is 0.291. The highest BCUT2D eigenvalue weighted by Crippen LogP contribution is 2.17. The van der Waals surface area contributed by atoms with Crippen molar-refractivity contribution >= 4 is 28.3 Å². The lowest BCUT2D eigenvalue weighted by molar-refractivity contribution is -0.0168. The van der Waals surface area contributed by atoms with Gasteiger partial charge in [0.1, 0.15) is 6.61 Å². The SMILES string of the molecule is CCOC(=O)c1csc(NC(=O)c2ccc(OCCOC(C)(C)C)nc2)n1. The van der Waals surface area contributed by atoms with E-state index < -0.39 is 5.97 Å². The van der Waals surface area contributed by atoms with Crippen molar-refractivity contribution < 1.29 is 23.8 Å². The molecule has 1 amide bonds. The molecule has 0 fully saturated rings. The van der Waals surface area contributed by atoms with E-state index in [2.05, 4.69) is 15.3 Å². The van der Waals surface area contributed by atoms with Crippen LogP contribution in [0.15, 0.2) is 23.7 Å². The number of thiazole rings is 1. The van der Waals surface area contributed by atoms with E-state index in [1.54, 1.807) is 19.1 Å². The summed E-state index contributed by atoms with van der Waals surface area (Å²) in [4.78, 5) is 32.0. The molecule has 0 aliphatic heterocycles. The number of amides is 1. The van der Waals surface area contributed by atoms with Crippen molar-refractivity contribution in [3.05, 3.63) is 35.0 Å². The van der Waals surface area contributed by atoms with Crippen LogP contribution < -0.4 is 10.1 Å². The highest BCUT2D eigenvalue weighted by atomic mass is 32.1. The van der Waals surface area contributed by atoms with Crippen LogP contribution in [-0.4, -0.2) is 47.3 Å². The van der Waals surface area contributed by atoms with Crippen LogP contribution in [0.2, 0.25) is 0 Å². The zero-order valence-corrected chi connectivity index (χ0v) is 16.6. The van der Waals surface area contributed by atoms with E-state index in [1.165, 1.54) is 11.6 Å². The molecule has 0 radical (unpaired) electrons. The second-order valence-corrected chi connectivity index (χ2v) is 7.27. The summed E-state index contributed by atoms with van der Waals surface area (Å²) in [6.45, 7) is 8.70. The van der Waals surface area contributed by atoms with Crippen molar-refractivity contribution in [1.29, 1.82) is 0 Å². The molecular weight excluding hydrogens is 370 g/mol. The summed E-state index contributed by atoms with van der Waals surface area (Å²) in [6.07, 6.45) is 1.41. The minimum atomic E-state index is -0.521. The number of carbonyl (C=O) groups excluding carboxylic acids is 2. The van der Waals surface area contributed by atoms with E-state index in [-0.39, 0.29) is 23.8 Å². The van der Waals surface area contributed by atoms with Crippen LogP contribution >= 0.6 is 11.3 Å². The number of nitrogens with one attached hydrogen (secondary N) is 1. The minimum Gasteiger partial charge on any atom is -0.475 e. The average molecular weight is 393 g/mol. The van der Waals surface area contributed by atoms with Gasteiger partial charge >= 0.3 is 5.97 Å².